The molecule has 102 valence electrons. The number of hydrogen-bond donors (Lipinski definition) is 2. The van der Waals surface area contributed by atoms with Crippen LogP contribution in [0.4, 0.5) is 5.13 Å². The molecule has 6 nitrogen and oxygen atoms in total. The van der Waals surface area contributed by atoms with Crippen molar-refractivity contribution in [3.8, 4) is 0 Å². The van der Waals surface area contributed by atoms with Crippen LogP contribution in [0.25, 0.3) is 0 Å². The van der Waals surface area contributed by atoms with Crippen molar-refractivity contribution in [3.05, 3.63) is 34.6 Å². The van der Waals surface area contributed by atoms with E-state index < -0.39 is 0 Å². The lowest BCUT2D eigenvalue weighted by Gasteiger charge is -2.02. The molecule has 2 aromatic rings. The average molecular weight is 300 g/mol. The van der Waals surface area contributed by atoms with E-state index in [2.05, 4.69) is 20.5 Å². The Morgan fingerprint density at radius 2 is 2.26 bits per heavy atom. The highest BCUT2D eigenvalue weighted by molar-refractivity contribution is 7.15. The highest BCUT2D eigenvalue weighted by Gasteiger charge is 2.10. The molecule has 0 aliphatic heterocycles. The second-order valence-electron chi connectivity index (χ2n) is 3.55. The van der Waals surface area contributed by atoms with E-state index in [1.54, 1.807) is 18.3 Å². The molecule has 0 aliphatic carbocycles. The van der Waals surface area contributed by atoms with E-state index >= 15 is 0 Å². The van der Waals surface area contributed by atoms with Crippen LogP contribution in [0, 0.1) is 0 Å². The van der Waals surface area contributed by atoms with Crippen LogP contribution in [0.3, 0.4) is 0 Å². The van der Waals surface area contributed by atoms with Gasteiger partial charge >= 0.3 is 0 Å². The van der Waals surface area contributed by atoms with Crippen molar-refractivity contribution in [1.82, 2.24) is 15.2 Å². The Hall–Kier alpha value is -1.57. The summed E-state index contributed by atoms with van der Waals surface area (Å²) in [7, 11) is 0. The third-order valence-corrected chi connectivity index (χ3v) is 3.26. The third-order valence-electron chi connectivity index (χ3n) is 2.28. The number of hydrogen-bond acceptors (Lipinski definition) is 6. The van der Waals surface area contributed by atoms with E-state index in [1.165, 1.54) is 11.3 Å². The van der Waals surface area contributed by atoms with Crippen LogP contribution in [0.1, 0.15) is 28.0 Å². The lowest BCUT2D eigenvalue weighted by molar-refractivity contribution is 0.102. The Balaban J connectivity index is 0.00000180. The van der Waals surface area contributed by atoms with Gasteiger partial charge in [0.05, 0.1) is 5.69 Å². The maximum absolute atomic E-state index is 11.9. The number of aryl methyl sites for hydroxylation is 1. The van der Waals surface area contributed by atoms with Gasteiger partial charge in [0.25, 0.3) is 5.91 Å². The standard InChI is InChI=1S/C11H13N5OS.ClH/c1-2-9-15-16-11(18-9)14-10(17)7-3-4-13-8(5-7)6-12;/h3-5H,2,6,12H2,1H3,(H,14,16,17);1H. The minimum atomic E-state index is -0.231. The van der Waals surface area contributed by atoms with Crippen LogP contribution in [0.5, 0.6) is 0 Å². The number of carbonyl (C=O) groups excluding carboxylic acids is 1. The summed E-state index contributed by atoms with van der Waals surface area (Å²) >= 11 is 1.37. The van der Waals surface area contributed by atoms with E-state index in [4.69, 9.17) is 5.73 Å². The number of nitrogens with two attached hydrogens (primary N) is 1. The molecule has 2 heterocycles. The highest BCUT2D eigenvalue weighted by atomic mass is 35.5. The van der Waals surface area contributed by atoms with Crippen molar-refractivity contribution in [1.29, 1.82) is 0 Å². The Bertz CT molecular complexity index is 560. The van der Waals surface area contributed by atoms with E-state index in [0.29, 0.717) is 22.9 Å². The SMILES string of the molecule is CCc1nnc(NC(=O)c2ccnc(CN)c2)s1.Cl. The van der Waals surface area contributed by atoms with Crippen LogP contribution in [0.15, 0.2) is 18.3 Å². The van der Waals surface area contributed by atoms with E-state index in [9.17, 15) is 4.79 Å². The number of pyridine rings is 1. The molecule has 0 fully saturated rings. The van der Waals surface area contributed by atoms with Gasteiger partial charge in [-0.1, -0.05) is 18.3 Å². The molecule has 8 heteroatoms. The van der Waals surface area contributed by atoms with Crippen LogP contribution in [-0.2, 0) is 13.0 Å². The summed E-state index contributed by atoms with van der Waals surface area (Å²) in [5, 5.41) is 11.9. The van der Waals surface area contributed by atoms with E-state index in [0.717, 1.165) is 11.4 Å². The van der Waals surface area contributed by atoms with E-state index in [1.807, 2.05) is 6.92 Å². The molecule has 0 radical (unpaired) electrons. The Morgan fingerprint density at radius 3 is 2.89 bits per heavy atom. The Kier molecular flexibility index (Phi) is 5.81. The maximum Gasteiger partial charge on any atom is 0.257 e. The number of carbonyl (C=O) groups is 1. The van der Waals surface area contributed by atoms with Gasteiger partial charge in [0.2, 0.25) is 5.13 Å². The van der Waals surface area contributed by atoms with Gasteiger partial charge in [0.15, 0.2) is 0 Å². The average Bonchev–Trinajstić information content (AvgIpc) is 2.86. The zero-order valence-electron chi connectivity index (χ0n) is 10.3. The molecule has 2 rings (SSSR count). The van der Waals surface area contributed by atoms with Crippen LogP contribution < -0.4 is 11.1 Å². The fourth-order valence-corrected chi connectivity index (χ4v) is 2.02. The quantitative estimate of drug-likeness (QED) is 0.895. The van der Waals surface area contributed by atoms with Crippen molar-refractivity contribution in [2.24, 2.45) is 5.73 Å². The normalized spacial score (nSPS) is 9.79. The molecule has 0 atom stereocenters. The van der Waals surface area contributed by atoms with Crippen molar-refractivity contribution in [2.45, 2.75) is 19.9 Å². The summed E-state index contributed by atoms with van der Waals surface area (Å²) in [6.45, 7) is 2.29. The first-order valence-corrected chi connectivity index (χ1v) is 6.33. The zero-order valence-corrected chi connectivity index (χ0v) is 11.9. The van der Waals surface area contributed by atoms with Crippen molar-refractivity contribution in [3.63, 3.8) is 0 Å². The number of rotatable bonds is 4. The second-order valence-corrected chi connectivity index (χ2v) is 4.61. The predicted molar refractivity (Wildman–Crippen MR) is 76.6 cm³/mol. The number of nitrogens with zero attached hydrogens (tertiary/aromatic N) is 3. The van der Waals surface area contributed by atoms with Crippen LogP contribution in [-0.4, -0.2) is 21.1 Å². The van der Waals surface area contributed by atoms with Gasteiger partial charge < -0.3 is 5.73 Å². The first-order chi connectivity index (χ1) is 8.72. The molecule has 0 saturated carbocycles. The number of nitrogens with one attached hydrogen (secondary N) is 1. The minimum absolute atomic E-state index is 0. The summed E-state index contributed by atoms with van der Waals surface area (Å²) in [5.74, 6) is -0.231. The van der Waals surface area contributed by atoms with Gasteiger partial charge in [-0.15, -0.1) is 22.6 Å². The maximum atomic E-state index is 11.9. The van der Waals surface area contributed by atoms with Gasteiger partial charge in [0.1, 0.15) is 5.01 Å². The second kappa shape index (κ2) is 7.13. The van der Waals surface area contributed by atoms with Crippen molar-refractivity contribution >= 4 is 34.8 Å². The van der Waals surface area contributed by atoms with Crippen LogP contribution in [0.2, 0.25) is 0 Å². The van der Waals surface area contributed by atoms with E-state index in [-0.39, 0.29) is 18.3 Å². The first-order valence-electron chi connectivity index (χ1n) is 5.51. The molecule has 1 amide bonds. The summed E-state index contributed by atoms with van der Waals surface area (Å²) in [6, 6.07) is 3.30. The lowest BCUT2D eigenvalue weighted by atomic mass is 10.2. The van der Waals surface area contributed by atoms with Crippen molar-refractivity contribution < 1.29 is 4.79 Å². The fourth-order valence-electron chi connectivity index (χ4n) is 1.35. The first kappa shape index (κ1) is 15.5. The molecule has 0 aliphatic rings. The molecule has 0 aromatic carbocycles. The van der Waals surface area contributed by atoms with Gasteiger partial charge in [-0.05, 0) is 18.6 Å². The summed E-state index contributed by atoms with van der Waals surface area (Å²) < 4.78 is 0. The third kappa shape index (κ3) is 3.95. The number of anilines is 1. The molecule has 0 saturated heterocycles. The smallest absolute Gasteiger partial charge is 0.257 e. The largest absolute Gasteiger partial charge is 0.325 e. The molecule has 19 heavy (non-hydrogen) atoms. The van der Waals surface area contributed by atoms with Gasteiger partial charge in [-0.25, -0.2) is 0 Å². The molecule has 3 N–H and O–H groups in total. The minimum Gasteiger partial charge on any atom is -0.325 e. The lowest BCUT2D eigenvalue weighted by Crippen LogP contribution is -2.13. The topological polar surface area (TPSA) is 93.8 Å². The Morgan fingerprint density at radius 1 is 1.47 bits per heavy atom. The predicted octanol–water partition coefficient (Wildman–Crippen LogP) is 1.63. The van der Waals surface area contributed by atoms with Gasteiger partial charge in [-0.3, -0.25) is 15.1 Å². The summed E-state index contributed by atoms with van der Waals surface area (Å²) in [5.41, 5.74) is 6.67. The molecular weight excluding hydrogens is 286 g/mol. The molecule has 0 unspecified atom stereocenters. The monoisotopic (exact) mass is 299 g/mol. The number of amides is 1. The molecule has 2 aromatic heterocycles. The Labute approximate surface area is 120 Å². The van der Waals surface area contributed by atoms with Crippen LogP contribution >= 0.6 is 23.7 Å². The summed E-state index contributed by atoms with van der Waals surface area (Å²) in [4.78, 5) is 16.0. The van der Waals surface area contributed by atoms with Crippen molar-refractivity contribution in [2.75, 3.05) is 5.32 Å². The highest BCUT2D eigenvalue weighted by Crippen LogP contribution is 2.16. The van der Waals surface area contributed by atoms with Gasteiger partial charge in [0, 0.05) is 18.3 Å². The number of halogens is 1. The summed E-state index contributed by atoms with van der Waals surface area (Å²) in [6.07, 6.45) is 2.37. The molecular formula is C11H14ClN5OS. The zero-order chi connectivity index (χ0) is 13.0. The molecule has 0 bridgehead atoms. The molecule has 0 spiro atoms. The number of aromatic nitrogens is 3. The van der Waals surface area contributed by atoms with Gasteiger partial charge in [-0.2, -0.15) is 0 Å². The fraction of sp³-hybridized carbons (Fsp3) is 0.273.